The molecular weight excluding hydrogens is 203 g/mol. The summed E-state index contributed by atoms with van der Waals surface area (Å²) >= 11 is 0. The Morgan fingerprint density at radius 1 is 0.714 bits per heavy atom. The summed E-state index contributed by atoms with van der Waals surface area (Å²) in [7, 11) is 0. The van der Waals surface area contributed by atoms with Gasteiger partial charge in [-0.2, -0.15) is 6.42 Å². The van der Waals surface area contributed by atoms with Crippen molar-refractivity contribution >= 4 is 12.4 Å². The summed E-state index contributed by atoms with van der Waals surface area (Å²) in [6.45, 7) is 6.12. The second kappa shape index (κ2) is 19.8. The van der Waals surface area contributed by atoms with Gasteiger partial charge in [-0.15, -0.1) is 12.4 Å². The van der Waals surface area contributed by atoms with E-state index in [1.54, 1.807) is 0 Å². The van der Waals surface area contributed by atoms with E-state index in [9.17, 15) is 0 Å². The first-order valence-electron chi connectivity index (χ1n) is 5.71. The van der Waals surface area contributed by atoms with Crippen LogP contribution in [0.25, 0.3) is 0 Å². The van der Waals surface area contributed by atoms with E-state index < -0.39 is 0 Å². The Hall–Kier alpha value is 1.29. The smallest absolute Gasteiger partial charge is 0.343 e. The quantitative estimate of drug-likeness (QED) is 0.322. The molecule has 0 unspecified atom stereocenters. The van der Waals surface area contributed by atoms with Crippen LogP contribution in [0.3, 0.4) is 0 Å². The average molecular weight is 229 g/mol. The fourth-order valence-corrected chi connectivity index (χ4v) is 1.49. The molecule has 0 aliphatic heterocycles. The zero-order valence-electron chi connectivity index (χ0n) is 10.2. The van der Waals surface area contributed by atoms with Crippen LogP contribution in [-0.4, -0.2) is 0 Å². The number of hydrogen-bond acceptors (Lipinski definition) is 0. The molecule has 0 aromatic carbocycles. The molecule has 0 heterocycles. The molecule has 0 N–H and O–H groups in total. The van der Waals surface area contributed by atoms with Gasteiger partial charge in [-0.1, -0.05) is 64.7 Å². The number of unbranched alkanes of at least 4 members (excludes halogenated alkanes) is 9. The van der Waals surface area contributed by atoms with E-state index in [1.807, 2.05) is 0 Å². The largest absolute Gasteiger partial charge is 1.00 e. The molecule has 0 fully saturated rings. The van der Waals surface area contributed by atoms with Crippen molar-refractivity contribution in [2.24, 2.45) is 0 Å². The number of rotatable bonds is 9. The third-order valence-electron chi connectivity index (χ3n) is 2.35. The Balaban J connectivity index is -0.000000605. The predicted octanol–water partition coefficient (Wildman–Crippen LogP) is 2.17. The first-order chi connectivity index (χ1) is 5.91. The Bertz CT molecular complexity index is 66.7. The van der Waals surface area contributed by atoms with Crippen molar-refractivity contribution in [2.45, 2.75) is 71.1 Å². The van der Waals surface area contributed by atoms with Crippen molar-refractivity contribution < 1.29 is 29.6 Å². The molecule has 0 bridgehead atoms. The number of hydrogen-bond donors (Lipinski definition) is 0. The fraction of sp³-hybridized carbons (Fsp3) is 0.917. The van der Waals surface area contributed by atoms with E-state index >= 15 is 0 Å². The summed E-state index contributed by atoms with van der Waals surface area (Å²) in [6.07, 6.45) is 13.9. The van der Waals surface area contributed by atoms with Crippen molar-refractivity contribution in [3.8, 4) is 0 Å². The minimum atomic E-state index is 0. The van der Waals surface area contributed by atoms with E-state index in [2.05, 4.69) is 13.8 Å². The molecule has 0 spiro atoms. The SMILES string of the molecule is Cl.[CH2-]CCCCCCCCCCC.[Na+]. The van der Waals surface area contributed by atoms with Crippen LogP contribution < -0.4 is 29.6 Å². The molecule has 0 radical (unpaired) electrons. The van der Waals surface area contributed by atoms with Crippen LogP contribution in [0.15, 0.2) is 0 Å². The standard InChI is InChI=1S/C12H25.ClH.Na/c1-3-5-7-9-11-12-10-8-6-4-2;;/h1,3-12H2,2H3;1H;/q-1;;+1. The molecule has 0 saturated heterocycles. The first kappa shape index (κ1) is 20.7. The summed E-state index contributed by atoms with van der Waals surface area (Å²) < 4.78 is 0. The maximum absolute atomic E-state index is 3.84. The van der Waals surface area contributed by atoms with Crippen molar-refractivity contribution in [3.05, 3.63) is 6.92 Å². The van der Waals surface area contributed by atoms with Gasteiger partial charge in [-0.3, -0.25) is 0 Å². The molecule has 0 aromatic rings. The fourth-order valence-electron chi connectivity index (χ4n) is 1.49. The summed E-state index contributed by atoms with van der Waals surface area (Å²) in [5, 5.41) is 0. The Morgan fingerprint density at radius 3 is 1.43 bits per heavy atom. The monoisotopic (exact) mass is 228 g/mol. The topological polar surface area (TPSA) is 0 Å². The van der Waals surface area contributed by atoms with Crippen LogP contribution in [0, 0.1) is 6.92 Å². The van der Waals surface area contributed by atoms with Gasteiger partial charge in [0.2, 0.25) is 0 Å². The molecule has 14 heavy (non-hydrogen) atoms. The summed E-state index contributed by atoms with van der Waals surface area (Å²) in [4.78, 5) is 0. The third kappa shape index (κ3) is 19.0. The first-order valence-corrected chi connectivity index (χ1v) is 5.71. The zero-order valence-corrected chi connectivity index (χ0v) is 13.0. The average Bonchev–Trinajstić information content (AvgIpc) is 2.10. The maximum Gasteiger partial charge on any atom is 1.00 e. The van der Waals surface area contributed by atoms with Gasteiger partial charge in [-0.05, 0) is 0 Å². The second-order valence-corrected chi connectivity index (χ2v) is 3.68. The van der Waals surface area contributed by atoms with Crippen molar-refractivity contribution in [2.75, 3.05) is 0 Å². The molecular formula is C12H26ClNa. The normalized spacial score (nSPS) is 9.00. The van der Waals surface area contributed by atoms with Crippen LogP contribution >= 0.6 is 12.4 Å². The molecule has 82 valence electrons. The van der Waals surface area contributed by atoms with Gasteiger partial charge < -0.3 is 6.92 Å². The van der Waals surface area contributed by atoms with Gasteiger partial charge in [0.15, 0.2) is 0 Å². The van der Waals surface area contributed by atoms with E-state index in [4.69, 9.17) is 0 Å². The Kier molecular flexibility index (Phi) is 29.2. The summed E-state index contributed by atoms with van der Waals surface area (Å²) in [5.74, 6) is 0. The van der Waals surface area contributed by atoms with Gasteiger partial charge in [0.25, 0.3) is 0 Å². The number of halogens is 1. The van der Waals surface area contributed by atoms with Gasteiger partial charge >= 0.3 is 29.6 Å². The summed E-state index contributed by atoms with van der Waals surface area (Å²) in [5.41, 5.74) is 0. The van der Waals surface area contributed by atoms with E-state index in [0.29, 0.717) is 0 Å². The molecule has 0 saturated carbocycles. The van der Waals surface area contributed by atoms with E-state index in [-0.39, 0.29) is 42.0 Å². The molecule has 0 aliphatic rings. The Morgan fingerprint density at radius 2 is 1.07 bits per heavy atom. The molecule has 0 aromatic heterocycles. The third-order valence-corrected chi connectivity index (χ3v) is 2.35. The van der Waals surface area contributed by atoms with Crippen LogP contribution in [-0.2, 0) is 0 Å². The van der Waals surface area contributed by atoms with Gasteiger partial charge in [0.05, 0.1) is 0 Å². The molecule has 0 nitrogen and oxygen atoms in total. The molecule has 0 rings (SSSR count). The zero-order chi connectivity index (χ0) is 9.07. The predicted molar refractivity (Wildman–Crippen MR) is 64.4 cm³/mol. The maximum atomic E-state index is 3.84. The van der Waals surface area contributed by atoms with Gasteiger partial charge in [0.1, 0.15) is 0 Å². The van der Waals surface area contributed by atoms with E-state index in [0.717, 1.165) is 6.42 Å². The van der Waals surface area contributed by atoms with Gasteiger partial charge in [0, 0.05) is 0 Å². The van der Waals surface area contributed by atoms with Crippen LogP contribution in [0.5, 0.6) is 0 Å². The summed E-state index contributed by atoms with van der Waals surface area (Å²) in [6, 6.07) is 0. The van der Waals surface area contributed by atoms with Crippen molar-refractivity contribution in [3.63, 3.8) is 0 Å². The molecule has 2 heteroatoms. The van der Waals surface area contributed by atoms with Crippen molar-refractivity contribution in [1.82, 2.24) is 0 Å². The molecule has 0 atom stereocenters. The van der Waals surface area contributed by atoms with Gasteiger partial charge in [-0.25, -0.2) is 0 Å². The minimum absolute atomic E-state index is 0. The minimum Gasteiger partial charge on any atom is -0.343 e. The second-order valence-electron chi connectivity index (χ2n) is 3.68. The van der Waals surface area contributed by atoms with Crippen LogP contribution in [0.1, 0.15) is 71.1 Å². The van der Waals surface area contributed by atoms with Crippen molar-refractivity contribution in [1.29, 1.82) is 0 Å². The van der Waals surface area contributed by atoms with Crippen LogP contribution in [0.2, 0.25) is 0 Å². The molecule has 0 amide bonds. The Labute approximate surface area is 119 Å². The van der Waals surface area contributed by atoms with Crippen LogP contribution in [0.4, 0.5) is 0 Å². The van der Waals surface area contributed by atoms with E-state index in [1.165, 1.54) is 57.8 Å². The molecule has 0 aliphatic carbocycles.